The minimum absolute atomic E-state index is 0.00416. The second kappa shape index (κ2) is 7.89. The zero-order valence-electron chi connectivity index (χ0n) is 12.1. The van der Waals surface area contributed by atoms with Gasteiger partial charge in [0.1, 0.15) is 11.5 Å². The van der Waals surface area contributed by atoms with Crippen molar-refractivity contribution in [2.75, 3.05) is 29.7 Å². The van der Waals surface area contributed by atoms with Gasteiger partial charge in [-0.05, 0) is 18.1 Å². The van der Waals surface area contributed by atoms with Gasteiger partial charge in [-0.1, -0.05) is 20.3 Å². The van der Waals surface area contributed by atoms with Crippen molar-refractivity contribution in [1.29, 1.82) is 0 Å². The molecule has 0 aliphatic heterocycles. The third kappa shape index (κ3) is 5.21. The summed E-state index contributed by atoms with van der Waals surface area (Å²) in [6.07, 6.45) is 0.957. The molecule has 3 N–H and O–H groups in total. The zero-order chi connectivity index (χ0) is 15.1. The van der Waals surface area contributed by atoms with Crippen LogP contribution in [0, 0.1) is 5.92 Å². The number of methoxy groups -OCH3 is 1. The maximum Gasteiger partial charge on any atom is 0.237 e. The summed E-state index contributed by atoms with van der Waals surface area (Å²) in [6.45, 7) is 4.07. The first kappa shape index (κ1) is 16.5. The Kier molecular flexibility index (Phi) is 6.51. The summed E-state index contributed by atoms with van der Waals surface area (Å²) in [5, 5.41) is 2.67. The molecular formula is C14H22N2O3S. The number of anilines is 2. The monoisotopic (exact) mass is 298 g/mol. The van der Waals surface area contributed by atoms with Crippen LogP contribution in [0.4, 0.5) is 11.4 Å². The molecule has 1 rings (SSSR count). The Labute approximate surface area is 122 Å². The van der Waals surface area contributed by atoms with Gasteiger partial charge >= 0.3 is 0 Å². The molecule has 0 heterocycles. The van der Waals surface area contributed by atoms with E-state index in [-0.39, 0.29) is 11.7 Å². The van der Waals surface area contributed by atoms with Gasteiger partial charge in [-0.15, -0.1) is 0 Å². The molecule has 0 fully saturated rings. The molecule has 0 spiro atoms. The van der Waals surface area contributed by atoms with E-state index in [0.29, 0.717) is 28.8 Å². The van der Waals surface area contributed by atoms with E-state index < -0.39 is 10.8 Å². The Balaban J connectivity index is 2.56. The van der Waals surface area contributed by atoms with Gasteiger partial charge in [0.05, 0.1) is 18.5 Å². The van der Waals surface area contributed by atoms with Crippen LogP contribution in [-0.4, -0.2) is 28.7 Å². The molecule has 0 aliphatic carbocycles. The lowest BCUT2D eigenvalue weighted by atomic mass is 10.2. The minimum Gasteiger partial charge on any atom is -0.497 e. The molecule has 2 atom stereocenters. The number of hydrogen-bond donors (Lipinski definition) is 2. The van der Waals surface area contributed by atoms with Crippen molar-refractivity contribution in [3.05, 3.63) is 18.2 Å². The zero-order valence-corrected chi connectivity index (χ0v) is 13.0. The van der Waals surface area contributed by atoms with E-state index in [2.05, 4.69) is 5.32 Å². The number of benzene rings is 1. The van der Waals surface area contributed by atoms with Crippen molar-refractivity contribution >= 4 is 28.1 Å². The summed E-state index contributed by atoms with van der Waals surface area (Å²) in [4.78, 5) is 11.8. The van der Waals surface area contributed by atoms with Crippen LogP contribution in [-0.2, 0) is 15.6 Å². The summed E-state index contributed by atoms with van der Waals surface area (Å²) in [6, 6.07) is 5.01. The topological polar surface area (TPSA) is 81.4 Å². The van der Waals surface area contributed by atoms with Crippen LogP contribution in [0.25, 0.3) is 0 Å². The van der Waals surface area contributed by atoms with Crippen molar-refractivity contribution in [2.45, 2.75) is 20.3 Å². The fraction of sp³-hybridized carbons (Fsp3) is 0.500. The lowest BCUT2D eigenvalue weighted by Crippen LogP contribution is -2.23. The first-order valence-corrected chi connectivity index (χ1v) is 8.03. The molecule has 0 saturated heterocycles. The Morgan fingerprint density at radius 3 is 2.75 bits per heavy atom. The largest absolute Gasteiger partial charge is 0.497 e. The highest BCUT2D eigenvalue weighted by Crippen LogP contribution is 2.23. The summed E-state index contributed by atoms with van der Waals surface area (Å²) < 4.78 is 16.8. The van der Waals surface area contributed by atoms with Gasteiger partial charge < -0.3 is 15.8 Å². The van der Waals surface area contributed by atoms with Gasteiger partial charge in [-0.2, -0.15) is 0 Å². The maximum absolute atomic E-state index is 11.8. The molecule has 20 heavy (non-hydrogen) atoms. The fourth-order valence-corrected chi connectivity index (χ4v) is 2.96. The predicted molar refractivity (Wildman–Crippen MR) is 83.4 cm³/mol. The minimum atomic E-state index is -1.14. The first-order chi connectivity index (χ1) is 9.46. The highest BCUT2D eigenvalue weighted by atomic mass is 32.2. The number of hydrogen-bond acceptors (Lipinski definition) is 4. The van der Waals surface area contributed by atoms with Crippen LogP contribution in [0.5, 0.6) is 5.75 Å². The van der Waals surface area contributed by atoms with Crippen LogP contribution in [0.15, 0.2) is 18.2 Å². The molecule has 0 saturated carbocycles. The molecule has 0 bridgehead atoms. The molecule has 1 amide bonds. The highest BCUT2D eigenvalue weighted by molar-refractivity contribution is 7.85. The van der Waals surface area contributed by atoms with Crippen molar-refractivity contribution in [2.24, 2.45) is 5.92 Å². The Morgan fingerprint density at radius 2 is 2.20 bits per heavy atom. The molecule has 2 unspecified atom stereocenters. The third-order valence-electron chi connectivity index (χ3n) is 2.99. The van der Waals surface area contributed by atoms with E-state index in [0.717, 1.165) is 6.42 Å². The predicted octanol–water partition coefficient (Wildman–Crippen LogP) is 2.01. The third-order valence-corrected chi connectivity index (χ3v) is 4.52. The average molecular weight is 298 g/mol. The normalized spacial score (nSPS) is 13.6. The molecule has 0 aromatic heterocycles. The van der Waals surface area contributed by atoms with Crippen molar-refractivity contribution in [3.63, 3.8) is 0 Å². The number of ether oxygens (including phenoxy) is 1. The van der Waals surface area contributed by atoms with E-state index in [1.807, 2.05) is 13.8 Å². The maximum atomic E-state index is 11.8. The van der Waals surface area contributed by atoms with Gasteiger partial charge in [-0.3, -0.25) is 9.00 Å². The molecule has 1 aromatic rings. The lowest BCUT2D eigenvalue weighted by molar-refractivity contribution is -0.113. The van der Waals surface area contributed by atoms with Crippen molar-refractivity contribution in [1.82, 2.24) is 0 Å². The molecule has 5 nitrogen and oxygen atoms in total. The standard InChI is InChI=1S/C14H22N2O3S/c1-4-10(2)8-20(18)9-14(17)16-13-6-5-11(19-3)7-12(13)15/h5-7,10H,4,8-9,15H2,1-3H3,(H,16,17). The van der Waals surface area contributed by atoms with Gasteiger partial charge in [0, 0.05) is 22.6 Å². The van der Waals surface area contributed by atoms with Crippen LogP contribution in [0.1, 0.15) is 20.3 Å². The van der Waals surface area contributed by atoms with Crippen LogP contribution >= 0.6 is 0 Å². The second-order valence-corrected chi connectivity index (χ2v) is 6.27. The number of nitrogen functional groups attached to an aromatic ring is 1. The Morgan fingerprint density at radius 1 is 1.50 bits per heavy atom. The smallest absolute Gasteiger partial charge is 0.237 e. The summed E-state index contributed by atoms with van der Waals surface area (Å²) in [7, 11) is 0.403. The Bertz CT molecular complexity index is 491. The van der Waals surface area contributed by atoms with Crippen LogP contribution in [0.3, 0.4) is 0 Å². The fourth-order valence-electron chi connectivity index (χ4n) is 1.61. The molecular weight excluding hydrogens is 276 g/mol. The molecule has 0 radical (unpaired) electrons. The van der Waals surface area contributed by atoms with Crippen molar-refractivity contribution in [3.8, 4) is 5.75 Å². The van der Waals surface area contributed by atoms with Gasteiger partial charge in [0.15, 0.2) is 0 Å². The molecule has 112 valence electrons. The second-order valence-electron chi connectivity index (χ2n) is 4.77. The molecule has 6 heteroatoms. The number of rotatable bonds is 7. The van der Waals surface area contributed by atoms with Gasteiger partial charge in [-0.25, -0.2) is 0 Å². The van der Waals surface area contributed by atoms with E-state index in [4.69, 9.17) is 10.5 Å². The average Bonchev–Trinajstić information content (AvgIpc) is 2.40. The van der Waals surface area contributed by atoms with E-state index >= 15 is 0 Å². The van der Waals surface area contributed by atoms with Crippen molar-refractivity contribution < 1.29 is 13.7 Å². The van der Waals surface area contributed by atoms with E-state index in [1.54, 1.807) is 25.3 Å². The summed E-state index contributed by atoms with van der Waals surface area (Å²) in [5.41, 5.74) is 6.74. The van der Waals surface area contributed by atoms with Gasteiger partial charge in [0.25, 0.3) is 0 Å². The quantitative estimate of drug-likeness (QED) is 0.754. The number of carbonyl (C=O) groups is 1. The first-order valence-electron chi connectivity index (χ1n) is 6.54. The SMILES string of the molecule is CCC(C)CS(=O)CC(=O)Nc1ccc(OC)cc1N. The number of carbonyl (C=O) groups excluding carboxylic acids is 1. The lowest BCUT2D eigenvalue weighted by Gasteiger charge is -2.11. The number of nitrogens with one attached hydrogen (secondary N) is 1. The highest BCUT2D eigenvalue weighted by Gasteiger charge is 2.12. The molecule has 0 aliphatic rings. The molecule has 1 aromatic carbocycles. The van der Waals surface area contributed by atoms with E-state index in [9.17, 15) is 9.00 Å². The summed E-state index contributed by atoms with van der Waals surface area (Å²) >= 11 is 0. The Hall–Kier alpha value is -1.56. The van der Waals surface area contributed by atoms with E-state index in [1.165, 1.54) is 0 Å². The number of nitrogens with two attached hydrogens (primary N) is 1. The number of amides is 1. The summed E-state index contributed by atoms with van der Waals surface area (Å²) in [5.74, 6) is 1.23. The van der Waals surface area contributed by atoms with Crippen LogP contribution < -0.4 is 15.8 Å². The van der Waals surface area contributed by atoms with Crippen LogP contribution in [0.2, 0.25) is 0 Å². The van der Waals surface area contributed by atoms with Gasteiger partial charge in [0.2, 0.25) is 5.91 Å².